The smallest absolute Gasteiger partial charge is 0.0563 e. The summed E-state index contributed by atoms with van der Waals surface area (Å²) in [5.41, 5.74) is 0. The molecule has 0 aromatic carbocycles. The zero-order chi connectivity index (χ0) is 8.57. The Morgan fingerprint density at radius 1 is 1.10 bits per heavy atom. The van der Waals surface area contributed by atoms with E-state index >= 15 is 0 Å². The van der Waals surface area contributed by atoms with E-state index in [9.17, 15) is 0 Å². The van der Waals surface area contributed by atoms with E-state index in [-0.39, 0.29) is 6.10 Å². The molecule has 10 heavy (non-hydrogen) atoms. The summed E-state index contributed by atoms with van der Waals surface area (Å²) in [5, 5.41) is 9.13. The van der Waals surface area contributed by atoms with E-state index in [1.807, 2.05) is 20.8 Å². The van der Waals surface area contributed by atoms with Crippen molar-refractivity contribution >= 4 is 0 Å². The molecular weight excluding hydrogens is 124 g/mol. The van der Waals surface area contributed by atoms with Crippen LogP contribution in [0.15, 0.2) is 0 Å². The van der Waals surface area contributed by atoms with E-state index < -0.39 is 0 Å². The van der Waals surface area contributed by atoms with Gasteiger partial charge in [-0.15, -0.1) is 0 Å². The van der Waals surface area contributed by atoms with Crippen LogP contribution in [0.4, 0.5) is 0 Å². The highest BCUT2D eigenvalue weighted by atomic mass is 16.3. The van der Waals surface area contributed by atoms with Crippen molar-refractivity contribution in [3.05, 3.63) is 0 Å². The van der Waals surface area contributed by atoms with E-state index in [0.29, 0.717) is 5.92 Å². The van der Waals surface area contributed by atoms with Crippen LogP contribution in [0.1, 0.15) is 47.5 Å². The summed E-state index contributed by atoms with van der Waals surface area (Å²) in [7, 11) is 0. The molecule has 0 saturated heterocycles. The molecule has 1 N–H and O–H groups in total. The predicted molar refractivity (Wildman–Crippen MR) is 47.1 cm³/mol. The maximum atomic E-state index is 9.13. The third-order valence-corrected chi connectivity index (χ3v) is 1.72. The molecule has 2 atom stereocenters. The van der Waals surface area contributed by atoms with Crippen molar-refractivity contribution in [3.63, 3.8) is 0 Å². The van der Waals surface area contributed by atoms with Gasteiger partial charge in [-0.3, -0.25) is 0 Å². The number of rotatable bonds is 3. The van der Waals surface area contributed by atoms with Crippen LogP contribution in [0.5, 0.6) is 0 Å². The van der Waals surface area contributed by atoms with Gasteiger partial charge in [-0.25, -0.2) is 0 Å². The molecule has 0 amide bonds. The van der Waals surface area contributed by atoms with Crippen molar-refractivity contribution in [2.45, 2.75) is 53.6 Å². The van der Waals surface area contributed by atoms with Crippen molar-refractivity contribution in [2.75, 3.05) is 0 Å². The molecule has 0 aromatic rings. The average molecular weight is 146 g/mol. The molecule has 0 fully saturated rings. The third-order valence-electron chi connectivity index (χ3n) is 1.72. The van der Waals surface area contributed by atoms with Gasteiger partial charge in [0.25, 0.3) is 0 Å². The quantitative estimate of drug-likeness (QED) is 0.649. The lowest BCUT2D eigenvalue weighted by Gasteiger charge is -2.13. The van der Waals surface area contributed by atoms with Gasteiger partial charge in [-0.05, 0) is 12.3 Å². The topological polar surface area (TPSA) is 20.2 Å². The molecule has 0 bridgehead atoms. The molecule has 0 aliphatic carbocycles. The summed E-state index contributed by atoms with van der Waals surface area (Å²) in [6.45, 7) is 10.2. The van der Waals surface area contributed by atoms with Crippen LogP contribution in [0.3, 0.4) is 0 Å². The summed E-state index contributed by atoms with van der Waals surface area (Å²) in [4.78, 5) is 0. The summed E-state index contributed by atoms with van der Waals surface area (Å²) in [6.07, 6.45) is 1.88. The van der Waals surface area contributed by atoms with Gasteiger partial charge in [0.15, 0.2) is 0 Å². The standard InChI is InChI=1S/C7H16O.C2H6/c1-4-6(3)7(8)5-2;1-2/h6-8H,4-5H2,1-3H3;1-2H3/t6-,7-;/m0./s1. The molecule has 0 aromatic heterocycles. The summed E-state index contributed by atoms with van der Waals surface area (Å²) >= 11 is 0. The molecule has 0 unspecified atom stereocenters. The van der Waals surface area contributed by atoms with E-state index in [4.69, 9.17) is 5.11 Å². The fraction of sp³-hybridized carbons (Fsp3) is 1.00. The Bertz CT molecular complexity index is 44.7. The van der Waals surface area contributed by atoms with Crippen molar-refractivity contribution in [3.8, 4) is 0 Å². The Morgan fingerprint density at radius 2 is 1.50 bits per heavy atom. The molecule has 0 heterocycles. The van der Waals surface area contributed by atoms with E-state index in [0.717, 1.165) is 12.8 Å². The molecule has 0 aliphatic heterocycles. The highest BCUT2D eigenvalue weighted by molar-refractivity contribution is 4.59. The van der Waals surface area contributed by atoms with Crippen LogP contribution in [0.2, 0.25) is 0 Å². The number of aliphatic hydroxyl groups excluding tert-OH is 1. The lowest BCUT2D eigenvalue weighted by atomic mass is 10.0. The molecule has 0 saturated carbocycles. The SMILES string of the molecule is CC.CC[C@H](C)[C@@H](O)CC. The number of hydrogen-bond donors (Lipinski definition) is 1. The zero-order valence-electron chi connectivity index (χ0n) is 8.02. The van der Waals surface area contributed by atoms with Crippen molar-refractivity contribution < 1.29 is 5.11 Å². The maximum absolute atomic E-state index is 9.13. The first-order chi connectivity index (χ1) is 4.72. The van der Waals surface area contributed by atoms with Crippen molar-refractivity contribution in [2.24, 2.45) is 5.92 Å². The second-order valence-electron chi connectivity index (χ2n) is 2.36. The van der Waals surface area contributed by atoms with Crippen molar-refractivity contribution in [1.29, 1.82) is 0 Å². The van der Waals surface area contributed by atoms with Gasteiger partial charge in [0.2, 0.25) is 0 Å². The van der Waals surface area contributed by atoms with E-state index in [1.54, 1.807) is 0 Å². The van der Waals surface area contributed by atoms with Gasteiger partial charge in [0.05, 0.1) is 6.10 Å². The highest BCUT2D eigenvalue weighted by Gasteiger charge is 2.07. The van der Waals surface area contributed by atoms with Crippen LogP contribution in [0, 0.1) is 5.92 Å². The molecular formula is C9H22O. The minimum absolute atomic E-state index is 0.0833. The second-order valence-corrected chi connectivity index (χ2v) is 2.36. The van der Waals surface area contributed by atoms with Gasteiger partial charge in [0, 0.05) is 0 Å². The minimum Gasteiger partial charge on any atom is -0.393 e. The van der Waals surface area contributed by atoms with Crippen molar-refractivity contribution in [1.82, 2.24) is 0 Å². The minimum atomic E-state index is -0.0833. The molecule has 0 aliphatic rings. The maximum Gasteiger partial charge on any atom is 0.0563 e. The van der Waals surface area contributed by atoms with Gasteiger partial charge >= 0.3 is 0 Å². The lowest BCUT2D eigenvalue weighted by Crippen LogP contribution is -2.14. The first-order valence-electron chi connectivity index (χ1n) is 4.40. The Morgan fingerprint density at radius 3 is 1.60 bits per heavy atom. The van der Waals surface area contributed by atoms with Crippen LogP contribution >= 0.6 is 0 Å². The summed E-state index contributed by atoms with van der Waals surface area (Å²) < 4.78 is 0. The number of hydrogen-bond acceptors (Lipinski definition) is 1. The van der Waals surface area contributed by atoms with Gasteiger partial charge in [0.1, 0.15) is 0 Å². The largest absolute Gasteiger partial charge is 0.393 e. The second kappa shape index (κ2) is 8.96. The van der Waals surface area contributed by atoms with Crippen LogP contribution < -0.4 is 0 Å². The van der Waals surface area contributed by atoms with Crippen LogP contribution in [-0.4, -0.2) is 11.2 Å². The van der Waals surface area contributed by atoms with E-state index in [1.165, 1.54) is 0 Å². The molecule has 0 radical (unpaired) electrons. The third kappa shape index (κ3) is 6.09. The zero-order valence-corrected chi connectivity index (χ0v) is 8.02. The summed E-state index contributed by atoms with van der Waals surface area (Å²) in [5.74, 6) is 0.472. The molecule has 1 nitrogen and oxygen atoms in total. The average Bonchev–Trinajstić information content (AvgIpc) is 2.05. The summed E-state index contributed by atoms with van der Waals surface area (Å²) in [6, 6.07) is 0. The van der Waals surface area contributed by atoms with Gasteiger partial charge < -0.3 is 5.11 Å². The normalized spacial score (nSPS) is 15.0. The molecule has 1 heteroatoms. The molecule has 0 rings (SSSR count). The molecule has 64 valence electrons. The Labute approximate surface area is 65.5 Å². The predicted octanol–water partition coefficient (Wildman–Crippen LogP) is 2.83. The molecule has 0 spiro atoms. The first-order valence-corrected chi connectivity index (χ1v) is 4.40. The van der Waals surface area contributed by atoms with Crippen LogP contribution in [0.25, 0.3) is 0 Å². The Kier molecular flexibility index (Phi) is 11.3. The highest BCUT2D eigenvalue weighted by Crippen LogP contribution is 2.09. The van der Waals surface area contributed by atoms with Crippen LogP contribution in [-0.2, 0) is 0 Å². The number of aliphatic hydroxyl groups is 1. The Balaban J connectivity index is 0. The first kappa shape index (κ1) is 12.6. The lowest BCUT2D eigenvalue weighted by molar-refractivity contribution is 0.111. The fourth-order valence-electron chi connectivity index (χ4n) is 0.674. The van der Waals surface area contributed by atoms with E-state index in [2.05, 4.69) is 13.8 Å². The fourth-order valence-corrected chi connectivity index (χ4v) is 0.674. The van der Waals surface area contributed by atoms with Gasteiger partial charge in [-0.2, -0.15) is 0 Å². The monoisotopic (exact) mass is 146 g/mol. The van der Waals surface area contributed by atoms with Gasteiger partial charge in [-0.1, -0.05) is 41.0 Å². The Hall–Kier alpha value is -0.0400.